The fourth-order valence-electron chi connectivity index (χ4n) is 2.17. The number of rotatable bonds is 1. The van der Waals surface area contributed by atoms with Crippen LogP contribution < -0.4 is 5.32 Å². The van der Waals surface area contributed by atoms with Gasteiger partial charge in [-0.05, 0) is 0 Å². The summed E-state index contributed by atoms with van der Waals surface area (Å²) in [6.45, 7) is 3.85. The second-order valence-corrected chi connectivity index (χ2v) is 4.25. The van der Waals surface area contributed by atoms with Crippen LogP contribution in [0.15, 0.2) is 0 Å². The molecule has 0 radical (unpaired) electrons. The Balaban J connectivity index is 0.00000128. The summed E-state index contributed by atoms with van der Waals surface area (Å²) in [4.78, 5) is 26.8. The highest BCUT2D eigenvalue weighted by atomic mass is 35.5. The third-order valence-electron chi connectivity index (χ3n) is 3.12. The fourth-order valence-corrected chi connectivity index (χ4v) is 2.17. The van der Waals surface area contributed by atoms with Crippen molar-refractivity contribution < 1.29 is 9.59 Å². The summed E-state index contributed by atoms with van der Waals surface area (Å²) in [5, 5.41) is 3.21. The van der Waals surface area contributed by atoms with Gasteiger partial charge in [0.25, 0.3) is 0 Å². The van der Waals surface area contributed by atoms with Gasteiger partial charge in [0, 0.05) is 46.2 Å². The van der Waals surface area contributed by atoms with Gasteiger partial charge in [0.2, 0.25) is 11.8 Å². The molecule has 0 saturated carbocycles. The topological polar surface area (TPSA) is 52.7 Å². The molecular weight excluding hydrogens is 230 g/mol. The molecule has 2 heterocycles. The molecule has 0 bridgehead atoms. The van der Waals surface area contributed by atoms with Gasteiger partial charge in [-0.3, -0.25) is 9.59 Å². The number of carbonyl (C=O) groups is 2. The maximum absolute atomic E-state index is 12.0. The summed E-state index contributed by atoms with van der Waals surface area (Å²) in [5.41, 5.74) is 0. The maximum atomic E-state index is 12.0. The molecule has 0 aromatic heterocycles. The molecule has 0 aromatic rings. The smallest absolute Gasteiger partial charge is 0.228 e. The zero-order valence-corrected chi connectivity index (χ0v) is 10.3. The second-order valence-electron chi connectivity index (χ2n) is 4.25. The molecule has 1 unspecified atom stereocenters. The van der Waals surface area contributed by atoms with Gasteiger partial charge in [0.15, 0.2) is 0 Å². The lowest BCUT2D eigenvalue weighted by Gasteiger charge is -2.29. The van der Waals surface area contributed by atoms with Gasteiger partial charge in [-0.15, -0.1) is 12.4 Å². The molecule has 2 aliphatic rings. The van der Waals surface area contributed by atoms with Crippen molar-refractivity contribution in [3.63, 3.8) is 0 Å². The van der Waals surface area contributed by atoms with E-state index in [4.69, 9.17) is 0 Å². The van der Waals surface area contributed by atoms with E-state index >= 15 is 0 Å². The Morgan fingerprint density at radius 3 is 2.50 bits per heavy atom. The van der Waals surface area contributed by atoms with Crippen LogP contribution in [0.1, 0.15) is 6.42 Å². The molecule has 6 heteroatoms. The third kappa shape index (κ3) is 2.65. The van der Waals surface area contributed by atoms with Crippen molar-refractivity contribution in [2.75, 3.05) is 39.8 Å². The molecule has 2 rings (SSSR count). The number of halogens is 1. The van der Waals surface area contributed by atoms with E-state index in [0.29, 0.717) is 13.0 Å². The first-order chi connectivity index (χ1) is 7.18. The molecule has 2 fully saturated rings. The van der Waals surface area contributed by atoms with E-state index in [9.17, 15) is 9.59 Å². The second kappa shape index (κ2) is 5.50. The van der Waals surface area contributed by atoms with E-state index < -0.39 is 0 Å². The Hall–Kier alpha value is -0.810. The lowest BCUT2D eigenvalue weighted by Crippen LogP contribution is -2.48. The summed E-state index contributed by atoms with van der Waals surface area (Å²) in [7, 11) is 1.76. The van der Waals surface area contributed by atoms with E-state index in [1.54, 1.807) is 11.9 Å². The van der Waals surface area contributed by atoms with Crippen molar-refractivity contribution >= 4 is 24.2 Å². The summed E-state index contributed by atoms with van der Waals surface area (Å²) in [6, 6.07) is 0. The van der Waals surface area contributed by atoms with Gasteiger partial charge in [0.05, 0.1) is 5.92 Å². The lowest BCUT2D eigenvalue weighted by atomic mass is 10.1. The standard InChI is InChI=1S/C10H17N3O2.ClH/c1-12-7-8(6-9(12)14)10(15)13-4-2-11-3-5-13;/h8,11H,2-7H2,1H3;1H. The molecule has 2 amide bonds. The normalized spacial score (nSPS) is 25.6. The molecule has 0 spiro atoms. The minimum Gasteiger partial charge on any atom is -0.345 e. The molecule has 92 valence electrons. The number of nitrogens with zero attached hydrogens (tertiary/aromatic N) is 2. The largest absolute Gasteiger partial charge is 0.345 e. The van der Waals surface area contributed by atoms with Crippen LogP contribution in [0.5, 0.6) is 0 Å². The van der Waals surface area contributed by atoms with Crippen LogP contribution >= 0.6 is 12.4 Å². The molecule has 16 heavy (non-hydrogen) atoms. The number of amides is 2. The van der Waals surface area contributed by atoms with E-state index in [2.05, 4.69) is 5.32 Å². The van der Waals surface area contributed by atoms with Gasteiger partial charge < -0.3 is 15.1 Å². The Bertz CT molecular complexity index is 279. The zero-order valence-electron chi connectivity index (χ0n) is 9.44. The zero-order chi connectivity index (χ0) is 10.8. The van der Waals surface area contributed by atoms with Crippen LogP contribution in [0.25, 0.3) is 0 Å². The van der Waals surface area contributed by atoms with Crippen molar-refractivity contribution in [3.8, 4) is 0 Å². The predicted octanol–water partition coefficient (Wildman–Crippen LogP) is -0.682. The number of piperazine rings is 1. The quantitative estimate of drug-likeness (QED) is 0.668. The highest BCUT2D eigenvalue weighted by Crippen LogP contribution is 2.18. The molecule has 1 atom stereocenters. The Morgan fingerprint density at radius 1 is 1.38 bits per heavy atom. The SMILES string of the molecule is CN1CC(C(=O)N2CCNCC2)CC1=O.Cl. The number of hydrogen-bond donors (Lipinski definition) is 1. The summed E-state index contributed by atoms with van der Waals surface area (Å²) in [5.74, 6) is 0.123. The average molecular weight is 248 g/mol. The van der Waals surface area contributed by atoms with Gasteiger partial charge in [0.1, 0.15) is 0 Å². The van der Waals surface area contributed by atoms with Crippen molar-refractivity contribution in [3.05, 3.63) is 0 Å². The monoisotopic (exact) mass is 247 g/mol. The average Bonchev–Trinajstić information content (AvgIpc) is 2.59. The number of carbonyl (C=O) groups excluding carboxylic acids is 2. The first-order valence-corrected chi connectivity index (χ1v) is 5.42. The van der Waals surface area contributed by atoms with Crippen molar-refractivity contribution in [1.29, 1.82) is 0 Å². The molecule has 1 N–H and O–H groups in total. The van der Waals surface area contributed by atoms with Gasteiger partial charge in [-0.1, -0.05) is 0 Å². The fraction of sp³-hybridized carbons (Fsp3) is 0.800. The van der Waals surface area contributed by atoms with Crippen LogP contribution in [0.4, 0.5) is 0 Å². The first-order valence-electron chi connectivity index (χ1n) is 5.42. The lowest BCUT2D eigenvalue weighted by molar-refractivity contribution is -0.136. The molecule has 2 saturated heterocycles. The van der Waals surface area contributed by atoms with E-state index in [0.717, 1.165) is 26.2 Å². The summed E-state index contributed by atoms with van der Waals surface area (Å²) in [6.07, 6.45) is 0.388. The Labute approximate surface area is 102 Å². The van der Waals surface area contributed by atoms with Crippen molar-refractivity contribution in [2.45, 2.75) is 6.42 Å². The van der Waals surface area contributed by atoms with Crippen LogP contribution in [0, 0.1) is 5.92 Å². The van der Waals surface area contributed by atoms with E-state index in [1.165, 1.54) is 0 Å². The van der Waals surface area contributed by atoms with E-state index in [1.807, 2.05) is 4.90 Å². The molecule has 5 nitrogen and oxygen atoms in total. The number of likely N-dealkylation sites (tertiary alicyclic amines) is 1. The van der Waals surface area contributed by atoms with Gasteiger partial charge in [-0.2, -0.15) is 0 Å². The number of hydrogen-bond acceptors (Lipinski definition) is 3. The molecule has 0 aliphatic carbocycles. The van der Waals surface area contributed by atoms with Crippen LogP contribution in [-0.2, 0) is 9.59 Å². The highest BCUT2D eigenvalue weighted by molar-refractivity contribution is 5.89. The first kappa shape index (κ1) is 13.3. The molecule has 2 aliphatic heterocycles. The highest BCUT2D eigenvalue weighted by Gasteiger charge is 2.34. The van der Waals surface area contributed by atoms with Gasteiger partial charge >= 0.3 is 0 Å². The van der Waals surface area contributed by atoms with Crippen LogP contribution in [0.2, 0.25) is 0 Å². The van der Waals surface area contributed by atoms with Crippen molar-refractivity contribution in [2.24, 2.45) is 5.92 Å². The predicted molar refractivity (Wildman–Crippen MR) is 62.4 cm³/mol. The van der Waals surface area contributed by atoms with Crippen LogP contribution in [0.3, 0.4) is 0 Å². The number of nitrogens with one attached hydrogen (secondary N) is 1. The minimum absolute atomic E-state index is 0. The molecular formula is C10H18ClN3O2. The Morgan fingerprint density at radius 2 is 2.00 bits per heavy atom. The van der Waals surface area contributed by atoms with E-state index in [-0.39, 0.29) is 30.1 Å². The van der Waals surface area contributed by atoms with Gasteiger partial charge in [-0.25, -0.2) is 0 Å². The minimum atomic E-state index is -0.111. The molecule has 0 aromatic carbocycles. The summed E-state index contributed by atoms with van der Waals surface area (Å²) < 4.78 is 0. The summed E-state index contributed by atoms with van der Waals surface area (Å²) >= 11 is 0. The van der Waals surface area contributed by atoms with Crippen LogP contribution in [-0.4, -0.2) is 61.4 Å². The maximum Gasteiger partial charge on any atom is 0.228 e. The van der Waals surface area contributed by atoms with Crippen molar-refractivity contribution in [1.82, 2.24) is 15.1 Å². The Kier molecular flexibility index (Phi) is 4.56. The third-order valence-corrected chi connectivity index (χ3v) is 3.12.